The summed E-state index contributed by atoms with van der Waals surface area (Å²) in [7, 11) is 0. The molecule has 0 aliphatic heterocycles. The second kappa shape index (κ2) is 6.88. The molecule has 0 bridgehead atoms. The second-order valence-electron chi connectivity index (χ2n) is 6.27. The summed E-state index contributed by atoms with van der Waals surface area (Å²) in [5.41, 5.74) is 3.58. The first-order chi connectivity index (χ1) is 8.88. The van der Waals surface area contributed by atoms with Gasteiger partial charge in [0.15, 0.2) is 5.78 Å². The van der Waals surface area contributed by atoms with Gasteiger partial charge in [-0.25, -0.2) is 0 Å². The van der Waals surface area contributed by atoms with Gasteiger partial charge in [-0.2, -0.15) is 0 Å². The van der Waals surface area contributed by atoms with E-state index in [1.165, 1.54) is 24.0 Å². The van der Waals surface area contributed by atoms with Crippen LogP contribution < -0.4 is 0 Å². The number of hydrogen-bond donors (Lipinski definition) is 0. The molecule has 1 aliphatic rings. The highest BCUT2D eigenvalue weighted by atomic mass is 16.1. The van der Waals surface area contributed by atoms with Crippen molar-refractivity contribution in [3.63, 3.8) is 0 Å². The fourth-order valence-electron chi connectivity index (χ4n) is 2.57. The molecule has 1 nitrogen and oxygen atoms in total. The Kier molecular flexibility index (Phi) is 5.78. The molecule has 106 valence electrons. The topological polar surface area (TPSA) is 17.1 Å². The van der Waals surface area contributed by atoms with Gasteiger partial charge in [0.25, 0.3) is 0 Å². The summed E-state index contributed by atoms with van der Waals surface area (Å²) in [6.45, 7) is 10.8. The minimum atomic E-state index is 0.123. The summed E-state index contributed by atoms with van der Waals surface area (Å²) < 4.78 is 0. The van der Waals surface area contributed by atoms with Crippen LogP contribution in [0.25, 0.3) is 0 Å². The van der Waals surface area contributed by atoms with Gasteiger partial charge in [-0.15, -0.1) is 0 Å². The van der Waals surface area contributed by atoms with E-state index in [0.717, 1.165) is 18.4 Å². The van der Waals surface area contributed by atoms with Crippen LogP contribution in [0.5, 0.6) is 0 Å². The molecule has 0 aromatic rings. The van der Waals surface area contributed by atoms with Gasteiger partial charge >= 0.3 is 0 Å². The predicted molar refractivity (Wildman–Crippen MR) is 83.1 cm³/mol. The first-order valence-corrected chi connectivity index (χ1v) is 7.48. The third kappa shape index (κ3) is 4.49. The quantitative estimate of drug-likeness (QED) is 0.479. The number of carbonyl (C=O) groups excluding carboxylic acids is 1. The van der Waals surface area contributed by atoms with Gasteiger partial charge in [0, 0.05) is 6.42 Å². The first-order valence-electron chi connectivity index (χ1n) is 7.48. The molecule has 1 rings (SSSR count). The molecule has 0 saturated carbocycles. The molecule has 0 saturated heterocycles. The summed E-state index contributed by atoms with van der Waals surface area (Å²) in [4.78, 5) is 11.8. The minimum absolute atomic E-state index is 0.123. The number of rotatable bonds is 5. The number of hydrogen-bond acceptors (Lipinski definition) is 1. The zero-order valence-electron chi connectivity index (χ0n) is 13.2. The Morgan fingerprint density at radius 2 is 2.05 bits per heavy atom. The average Bonchev–Trinajstić information content (AvgIpc) is 2.34. The van der Waals surface area contributed by atoms with Crippen molar-refractivity contribution < 1.29 is 4.79 Å². The van der Waals surface area contributed by atoms with Crippen LogP contribution in [0.15, 0.2) is 34.9 Å². The molecule has 0 amide bonds. The van der Waals surface area contributed by atoms with Crippen molar-refractivity contribution in [1.29, 1.82) is 0 Å². The van der Waals surface area contributed by atoms with E-state index in [1.807, 2.05) is 6.92 Å². The number of Topliss-reactive ketones (excluding diaryl/α,β-unsaturated/α-hetero) is 1. The normalized spacial score (nSPS) is 20.5. The van der Waals surface area contributed by atoms with E-state index in [0.29, 0.717) is 12.2 Å². The average molecular weight is 260 g/mol. The van der Waals surface area contributed by atoms with Crippen LogP contribution in [-0.2, 0) is 4.79 Å². The van der Waals surface area contributed by atoms with Crippen LogP contribution in [0.3, 0.4) is 0 Å². The highest BCUT2D eigenvalue weighted by Crippen LogP contribution is 2.39. The molecular weight excluding hydrogens is 232 g/mol. The van der Waals surface area contributed by atoms with Crippen molar-refractivity contribution >= 4 is 5.78 Å². The summed E-state index contributed by atoms with van der Waals surface area (Å²) in [6, 6.07) is 0. The van der Waals surface area contributed by atoms with Crippen LogP contribution in [0.4, 0.5) is 0 Å². The van der Waals surface area contributed by atoms with Crippen LogP contribution in [0, 0.1) is 5.41 Å². The molecule has 0 fully saturated rings. The molecule has 0 aromatic heterocycles. The Morgan fingerprint density at radius 1 is 1.37 bits per heavy atom. The maximum absolute atomic E-state index is 11.8. The van der Waals surface area contributed by atoms with Crippen molar-refractivity contribution in [3.05, 3.63) is 34.9 Å². The molecule has 0 spiro atoms. The summed E-state index contributed by atoms with van der Waals surface area (Å²) in [5, 5.41) is 0. The predicted octanol–water partition coefficient (Wildman–Crippen LogP) is 5.38. The SMILES string of the molecule is CCCC/C=C(C)/C=C/C1=C(C)C(=O)CCC1(C)C. The molecule has 0 radical (unpaired) electrons. The fourth-order valence-corrected chi connectivity index (χ4v) is 2.57. The van der Waals surface area contributed by atoms with E-state index in [2.05, 4.69) is 45.9 Å². The third-order valence-corrected chi connectivity index (χ3v) is 4.07. The smallest absolute Gasteiger partial charge is 0.158 e. The first kappa shape index (κ1) is 15.9. The summed E-state index contributed by atoms with van der Waals surface area (Å²) in [5.74, 6) is 0.312. The van der Waals surface area contributed by atoms with Crippen LogP contribution in [0.2, 0.25) is 0 Å². The van der Waals surface area contributed by atoms with Gasteiger partial charge in [0.05, 0.1) is 0 Å². The summed E-state index contributed by atoms with van der Waals surface area (Å²) in [6.07, 6.45) is 11.9. The molecule has 0 heterocycles. The third-order valence-electron chi connectivity index (χ3n) is 4.07. The van der Waals surface area contributed by atoms with Crippen LogP contribution in [-0.4, -0.2) is 5.78 Å². The number of ketones is 1. The van der Waals surface area contributed by atoms with Gasteiger partial charge in [0.2, 0.25) is 0 Å². The Hall–Kier alpha value is -1.11. The molecule has 19 heavy (non-hydrogen) atoms. The molecule has 0 aromatic carbocycles. The lowest BCUT2D eigenvalue weighted by atomic mass is 9.72. The molecular formula is C18H28O. The Bertz CT molecular complexity index is 419. The molecule has 1 aliphatic carbocycles. The van der Waals surface area contributed by atoms with Crippen molar-refractivity contribution in [2.24, 2.45) is 5.41 Å². The zero-order chi connectivity index (χ0) is 14.5. The van der Waals surface area contributed by atoms with E-state index < -0.39 is 0 Å². The van der Waals surface area contributed by atoms with E-state index >= 15 is 0 Å². The number of allylic oxidation sites excluding steroid dienone is 6. The highest BCUT2D eigenvalue weighted by Gasteiger charge is 2.30. The largest absolute Gasteiger partial charge is 0.295 e. The molecule has 1 heteroatoms. The van der Waals surface area contributed by atoms with Gasteiger partial charge in [-0.05, 0) is 43.3 Å². The lowest BCUT2D eigenvalue weighted by Gasteiger charge is -2.32. The second-order valence-corrected chi connectivity index (χ2v) is 6.27. The van der Waals surface area contributed by atoms with Crippen LogP contribution >= 0.6 is 0 Å². The van der Waals surface area contributed by atoms with Crippen molar-refractivity contribution in [1.82, 2.24) is 0 Å². The van der Waals surface area contributed by atoms with E-state index in [-0.39, 0.29) is 5.41 Å². The number of unbranched alkanes of at least 4 members (excludes halogenated alkanes) is 2. The van der Waals surface area contributed by atoms with Gasteiger partial charge in [-0.3, -0.25) is 4.79 Å². The number of carbonyl (C=O) groups is 1. The monoisotopic (exact) mass is 260 g/mol. The Balaban J connectivity index is 2.86. The van der Waals surface area contributed by atoms with Gasteiger partial charge < -0.3 is 0 Å². The van der Waals surface area contributed by atoms with E-state index in [4.69, 9.17) is 0 Å². The van der Waals surface area contributed by atoms with Gasteiger partial charge in [-0.1, -0.05) is 57.4 Å². The molecule has 0 unspecified atom stereocenters. The Morgan fingerprint density at radius 3 is 2.68 bits per heavy atom. The van der Waals surface area contributed by atoms with Crippen molar-refractivity contribution in [3.8, 4) is 0 Å². The van der Waals surface area contributed by atoms with E-state index in [1.54, 1.807) is 0 Å². The lowest BCUT2D eigenvalue weighted by molar-refractivity contribution is -0.116. The lowest BCUT2D eigenvalue weighted by Crippen LogP contribution is -2.24. The summed E-state index contributed by atoms with van der Waals surface area (Å²) >= 11 is 0. The Labute approximate surface area is 118 Å². The fraction of sp³-hybridized carbons (Fsp3) is 0.611. The van der Waals surface area contributed by atoms with E-state index in [9.17, 15) is 4.79 Å². The molecule has 0 atom stereocenters. The minimum Gasteiger partial charge on any atom is -0.295 e. The maximum atomic E-state index is 11.8. The zero-order valence-corrected chi connectivity index (χ0v) is 13.2. The van der Waals surface area contributed by atoms with Crippen molar-refractivity contribution in [2.45, 2.75) is 66.7 Å². The maximum Gasteiger partial charge on any atom is 0.158 e. The van der Waals surface area contributed by atoms with Crippen LogP contribution in [0.1, 0.15) is 66.7 Å². The molecule has 0 N–H and O–H groups in total. The highest BCUT2D eigenvalue weighted by molar-refractivity contribution is 5.97. The van der Waals surface area contributed by atoms with Gasteiger partial charge in [0.1, 0.15) is 0 Å². The van der Waals surface area contributed by atoms with Crippen molar-refractivity contribution in [2.75, 3.05) is 0 Å². The standard InChI is InChI=1S/C18H28O/c1-6-7-8-9-14(2)10-11-16-15(3)17(19)12-13-18(16,4)5/h9-11H,6-8,12-13H2,1-5H3/b11-10+,14-9+.